The molecule has 2 rings (SSSR count). The van der Waals surface area contributed by atoms with Crippen LogP contribution in [0.25, 0.3) is 0 Å². The molecule has 5 heteroatoms. The minimum atomic E-state index is -3.13. The second-order valence-corrected chi connectivity index (χ2v) is 4.73. The Morgan fingerprint density at radius 1 is 1.09 bits per heavy atom. The largest absolute Gasteiger partial charge is 0.508 e. The van der Waals surface area contributed by atoms with Gasteiger partial charge in [-0.25, -0.2) is 0 Å². The van der Waals surface area contributed by atoms with Crippen LogP contribution in [0.15, 0.2) is 42.5 Å². The fraction of sp³-hybridized carbons (Fsp3) is 0.294. The summed E-state index contributed by atoms with van der Waals surface area (Å²) in [7, 11) is 0. The highest BCUT2D eigenvalue weighted by Gasteiger charge is 2.12. The van der Waals surface area contributed by atoms with Gasteiger partial charge in [0, 0.05) is 26.9 Å². The Morgan fingerprint density at radius 2 is 1.73 bits per heavy atom. The molecule has 2 unspecified atom stereocenters. The molecule has 2 aromatic carbocycles. The van der Waals surface area contributed by atoms with E-state index in [0.717, 1.165) is 18.2 Å². The molecule has 0 fully saturated rings. The van der Waals surface area contributed by atoms with E-state index < -0.39 is 31.9 Å². The summed E-state index contributed by atoms with van der Waals surface area (Å²) >= 11 is 0. The summed E-state index contributed by atoms with van der Waals surface area (Å²) in [5.74, 6) is -0.779. The predicted molar refractivity (Wildman–Crippen MR) is 84.0 cm³/mol. The smallest absolute Gasteiger partial charge is 0.119 e. The van der Waals surface area contributed by atoms with Gasteiger partial charge >= 0.3 is 0 Å². The molecule has 0 amide bonds. The van der Waals surface area contributed by atoms with Crippen molar-refractivity contribution >= 4 is 0 Å². The zero-order valence-electron chi connectivity index (χ0n) is 17.6. The molecular formula is C17H21NO4. The van der Waals surface area contributed by atoms with Crippen LogP contribution in [0.1, 0.15) is 32.3 Å². The quantitative estimate of drug-likeness (QED) is 0.563. The topological polar surface area (TPSA) is 93.0 Å². The van der Waals surface area contributed by atoms with E-state index in [1.807, 2.05) is 0 Å². The molecule has 0 spiro atoms. The number of aliphatic hydroxyl groups is 1. The van der Waals surface area contributed by atoms with Crippen molar-refractivity contribution in [1.82, 2.24) is 5.32 Å². The van der Waals surface area contributed by atoms with Gasteiger partial charge in [-0.15, -0.1) is 0 Å². The summed E-state index contributed by atoms with van der Waals surface area (Å²) in [5, 5.41) is 40.9. The maximum atomic E-state index is 10.3. The number of benzene rings is 2. The van der Waals surface area contributed by atoms with Gasteiger partial charge in [0.25, 0.3) is 0 Å². The van der Waals surface area contributed by atoms with Gasteiger partial charge in [-0.1, -0.05) is 12.1 Å². The molecule has 2 aromatic rings. The number of rotatable bonds is 6. The first-order valence-corrected chi connectivity index (χ1v) is 6.53. The maximum absolute atomic E-state index is 10.3. The highest BCUT2D eigenvalue weighted by molar-refractivity contribution is 5.37. The van der Waals surface area contributed by atoms with Gasteiger partial charge in [0.2, 0.25) is 0 Å². The van der Waals surface area contributed by atoms with Crippen LogP contribution in [-0.4, -0.2) is 33.0 Å². The van der Waals surface area contributed by atoms with E-state index in [-0.39, 0.29) is 28.4 Å². The Hall–Kier alpha value is -2.24. The fourth-order valence-corrected chi connectivity index (χ4v) is 1.86. The van der Waals surface area contributed by atoms with Gasteiger partial charge < -0.3 is 25.7 Å². The molecule has 0 aliphatic rings. The van der Waals surface area contributed by atoms with Gasteiger partial charge in [0.05, 0.1) is 6.10 Å². The molecule has 0 heterocycles. The molecule has 0 aliphatic heterocycles. The van der Waals surface area contributed by atoms with Crippen LogP contribution in [-0.2, 0) is 6.37 Å². The summed E-state index contributed by atoms with van der Waals surface area (Å²) in [5.41, 5.74) is -0.0866. The predicted octanol–water partition coefficient (Wildman–Crippen LogP) is 2.06. The van der Waals surface area contributed by atoms with Crippen molar-refractivity contribution in [1.29, 1.82) is 0 Å². The lowest BCUT2D eigenvalue weighted by Crippen LogP contribution is -2.32. The van der Waals surface area contributed by atoms with Gasteiger partial charge in [-0.3, -0.25) is 0 Å². The molecule has 2 atom stereocenters. The lowest BCUT2D eigenvalue weighted by atomic mass is 10.1. The Labute approximate surface area is 137 Å². The van der Waals surface area contributed by atoms with E-state index in [2.05, 4.69) is 5.32 Å². The minimum absolute atomic E-state index is 0.0584. The van der Waals surface area contributed by atoms with Crippen LogP contribution < -0.4 is 5.32 Å². The van der Waals surface area contributed by atoms with Crippen molar-refractivity contribution in [3.8, 4) is 17.2 Å². The van der Waals surface area contributed by atoms with Crippen molar-refractivity contribution in [2.75, 3.05) is 6.54 Å². The Kier molecular flexibility index (Phi) is 3.16. The summed E-state index contributed by atoms with van der Waals surface area (Å²) < 4.78 is 48.0. The van der Waals surface area contributed by atoms with E-state index in [9.17, 15) is 20.4 Å². The Bertz CT molecular complexity index is 807. The number of phenolic OH excluding ortho intramolecular Hbond substituents is 3. The molecule has 0 aromatic heterocycles. The maximum Gasteiger partial charge on any atom is 0.119 e. The highest BCUT2D eigenvalue weighted by atomic mass is 16.3. The summed E-state index contributed by atoms with van der Waals surface area (Å²) in [6.45, 7) is -3.67. The molecule has 0 aliphatic carbocycles. The van der Waals surface area contributed by atoms with Crippen molar-refractivity contribution in [2.24, 2.45) is 0 Å². The third-order valence-electron chi connectivity index (χ3n) is 2.92. The summed E-state index contributed by atoms with van der Waals surface area (Å²) in [6.07, 6.45) is -4.16. The zero-order chi connectivity index (χ0) is 21.3. The van der Waals surface area contributed by atoms with Crippen molar-refractivity contribution in [3.05, 3.63) is 53.6 Å². The van der Waals surface area contributed by atoms with Gasteiger partial charge in [-0.2, -0.15) is 0 Å². The number of aromatic hydroxyl groups is 3. The highest BCUT2D eigenvalue weighted by Crippen LogP contribution is 2.24. The average molecular weight is 309 g/mol. The first-order valence-electron chi connectivity index (χ1n) is 9.53. The van der Waals surface area contributed by atoms with Crippen LogP contribution >= 0.6 is 0 Å². The summed E-state index contributed by atoms with van der Waals surface area (Å²) in [6, 6.07) is 5.21. The third-order valence-corrected chi connectivity index (χ3v) is 2.92. The van der Waals surface area contributed by atoms with Gasteiger partial charge in [0.1, 0.15) is 17.2 Å². The molecule has 0 radical (unpaired) electrons. The number of hydrogen-bond donors (Lipinski definition) is 5. The number of hydrogen-bond acceptors (Lipinski definition) is 5. The lowest BCUT2D eigenvalue weighted by molar-refractivity contribution is 0.170. The molecule has 118 valence electrons. The Balaban J connectivity index is 2.33. The van der Waals surface area contributed by atoms with E-state index in [0.29, 0.717) is 0 Å². The Morgan fingerprint density at radius 3 is 2.32 bits per heavy atom. The third kappa shape index (κ3) is 4.65. The molecule has 0 bridgehead atoms. The SMILES string of the molecule is [2H]C([2H])([2H])C([2H])(NCC(O)c1cc(O)cc(O)c1)C([2H])([2H])c1ccc(O)cc1. The van der Waals surface area contributed by atoms with Crippen LogP contribution in [0, 0.1) is 0 Å². The molecule has 22 heavy (non-hydrogen) atoms. The van der Waals surface area contributed by atoms with E-state index in [1.54, 1.807) is 0 Å². The minimum Gasteiger partial charge on any atom is -0.508 e. The normalized spacial score (nSPS) is 20.4. The number of nitrogens with one attached hydrogen (secondary N) is 1. The molecule has 5 nitrogen and oxygen atoms in total. The van der Waals surface area contributed by atoms with Crippen molar-refractivity contribution in [2.45, 2.75) is 25.3 Å². The molecule has 5 N–H and O–H groups in total. The van der Waals surface area contributed by atoms with E-state index >= 15 is 0 Å². The second kappa shape index (κ2) is 7.15. The number of phenols is 3. The summed E-state index contributed by atoms with van der Waals surface area (Å²) in [4.78, 5) is 0. The van der Waals surface area contributed by atoms with Crippen molar-refractivity contribution < 1.29 is 28.7 Å². The van der Waals surface area contributed by atoms with Crippen LogP contribution in [0.3, 0.4) is 0 Å². The van der Waals surface area contributed by atoms with Crippen LogP contribution in [0.4, 0.5) is 0 Å². The first kappa shape index (κ1) is 9.71. The molecule has 0 saturated carbocycles. The van der Waals surface area contributed by atoms with Crippen molar-refractivity contribution in [3.63, 3.8) is 0 Å². The zero-order valence-corrected chi connectivity index (χ0v) is 11.6. The van der Waals surface area contributed by atoms with Crippen LogP contribution in [0.5, 0.6) is 17.2 Å². The first-order chi connectivity index (χ1) is 12.8. The van der Waals surface area contributed by atoms with Gasteiger partial charge in [-0.05, 0) is 48.6 Å². The standard InChI is InChI=1S/C17H21NO4/c1-11(6-12-2-4-14(19)5-3-12)18-10-17(22)13-7-15(20)9-16(21)8-13/h2-5,7-9,11,17-22H,6,10H2,1H3/i1D3,6D2,11D. The molecule has 0 saturated heterocycles. The van der Waals surface area contributed by atoms with Crippen LogP contribution in [0.2, 0.25) is 0 Å². The van der Waals surface area contributed by atoms with E-state index in [1.165, 1.54) is 24.3 Å². The van der Waals surface area contributed by atoms with E-state index in [4.69, 9.17) is 8.22 Å². The monoisotopic (exact) mass is 309 g/mol. The average Bonchev–Trinajstić information content (AvgIpc) is 2.57. The lowest BCUT2D eigenvalue weighted by Gasteiger charge is -2.18. The molecular weight excluding hydrogens is 282 g/mol. The van der Waals surface area contributed by atoms with Gasteiger partial charge in [0.15, 0.2) is 0 Å². The second-order valence-electron chi connectivity index (χ2n) is 4.73. The fourth-order valence-electron chi connectivity index (χ4n) is 1.86. The number of aliphatic hydroxyl groups excluding tert-OH is 1.